The van der Waals surface area contributed by atoms with Crippen LogP contribution in [0.3, 0.4) is 0 Å². The minimum atomic E-state index is -0.0577. The summed E-state index contributed by atoms with van der Waals surface area (Å²) < 4.78 is 0. The molecule has 1 saturated heterocycles. The average Bonchev–Trinajstić information content (AvgIpc) is 2.49. The summed E-state index contributed by atoms with van der Waals surface area (Å²) in [6.45, 7) is 8.20. The number of benzene rings is 1. The summed E-state index contributed by atoms with van der Waals surface area (Å²) in [7, 11) is 0. The van der Waals surface area contributed by atoms with E-state index in [0.29, 0.717) is 11.6 Å². The molecule has 4 nitrogen and oxygen atoms in total. The maximum atomic E-state index is 12.0. The van der Waals surface area contributed by atoms with Crippen LogP contribution in [0.2, 0.25) is 0 Å². The summed E-state index contributed by atoms with van der Waals surface area (Å²) in [6, 6.07) is 6.49. The number of nitrogens with two attached hydrogens (primary N) is 1. The molecule has 0 saturated carbocycles. The van der Waals surface area contributed by atoms with E-state index in [9.17, 15) is 4.79 Å². The number of hydrogen-bond donors (Lipinski definition) is 2. The standard InChI is InChI=1S/C18H29N3O/c1-4-16-7-5-6-10-21(16)12-15-9-8-14(11-17(15)19)18(22)20-13(2)3/h8-9,11,13,16H,4-7,10,12,19H2,1-3H3,(H,20,22). The van der Waals surface area contributed by atoms with Crippen molar-refractivity contribution in [1.29, 1.82) is 0 Å². The van der Waals surface area contributed by atoms with Crippen LogP contribution < -0.4 is 11.1 Å². The van der Waals surface area contributed by atoms with Gasteiger partial charge in [-0.1, -0.05) is 19.4 Å². The number of amides is 1. The predicted octanol–water partition coefficient (Wildman–Crippen LogP) is 3.17. The number of rotatable bonds is 5. The van der Waals surface area contributed by atoms with Gasteiger partial charge < -0.3 is 11.1 Å². The molecule has 2 rings (SSSR count). The van der Waals surface area contributed by atoms with Gasteiger partial charge in [0, 0.05) is 29.9 Å². The molecule has 3 N–H and O–H groups in total. The summed E-state index contributed by atoms with van der Waals surface area (Å²) in [5.74, 6) is -0.0577. The Balaban J connectivity index is 2.07. The molecule has 1 aromatic carbocycles. The molecule has 1 amide bonds. The molecular formula is C18H29N3O. The van der Waals surface area contributed by atoms with Gasteiger partial charge in [0.1, 0.15) is 0 Å². The molecule has 122 valence electrons. The number of nitrogen functional groups attached to an aromatic ring is 1. The lowest BCUT2D eigenvalue weighted by Gasteiger charge is -2.35. The first-order chi connectivity index (χ1) is 10.5. The third-order valence-corrected chi connectivity index (χ3v) is 4.42. The van der Waals surface area contributed by atoms with Crippen LogP contribution in [0, 0.1) is 0 Å². The van der Waals surface area contributed by atoms with Crippen molar-refractivity contribution < 1.29 is 4.79 Å². The number of nitrogens with one attached hydrogen (secondary N) is 1. The fraction of sp³-hybridized carbons (Fsp3) is 0.611. The highest BCUT2D eigenvalue weighted by Gasteiger charge is 2.21. The van der Waals surface area contributed by atoms with Crippen LogP contribution in [0.25, 0.3) is 0 Å². The van der Waals surface area contributed by atoms with E-state index in [0.717, 1.165) is 24.3 Å². The first-order valence-corrected chi connectivity index (χ1v) is 8.44. The van der Waals surface area contributed by atoms with Crippen molar-refractivity contribution in [2.75, 3.05) is 12.3 Å². The third-order valence-electron chi connectivity index (χ3n) is 4.42. The molecule has 1 aromatic rings. The Morgan fingerprint density at radius 1 is 1.41 bits per heavy atom. The first-order valence-electron chi connectivity index (χ1n) is 8.44. The van der Waals surface area contributed by atoms with Crippen LogP contribution in [0.15, 0.2) is 18.2 Å². The van der Waals surface area contributed by atoms with Crippen LogP contribution in [0.1, 0.15) is 62.4 Å². The highest BCUT2D eigenvalue weighted by Crippen LogP contribution is 2.24. The summed E-state index contributed by atoms with van der Waals surface area (Å²) in [4.78, 5) is 14.6. The number of piperidine rings is 1. The first kappa shape index (κ1) is 16.8. The molecule has 1 fully saturated rings. The fourth-order valence-electron chi connectivity index (χ4n) is 3.17. The fourth-order valence-corrected chi connectivity index (χ4v) is 3.17. The molecule has 1 atom stereocenters. The second-order valence-electron chi connectivity index (χ2n) is 6.57. The molecule has 22 heavy (non-hydrogen) atoms. The summed E-state index contributed by atoms with van der Waals surface area (Å²) >= 11 is 0. The van der Waals surface area contributed by atoms with E-state index in [1.165, 1.54) is 25.7 Å². The van der Waals surface area contributed by atoms with E-state index in [4.69, 9.17) is 5.73 Å². The summed E-state index contributed by atoms with van der Waals surface area (Å²) in [5, 5.41) is 2.90. The number of carbonyl (C=O) groups is 1. The maximum absolute atomic E-state index is 12.0. The lowest BCUT2D eigenvalue weighted by molar-refractivity contribution is 0.0943. The van der Waals surface area contributed by atoms with Gasteiger partial charge in [0.2, 0.25) is 0 Å². The van der Waals surface area contributed by atoms with E-state index in [1.54, 1.807) is 6.07 Å². The van der Waals surface area contributed by atoms with E-state index >= 15 is 0 Å². The third kappa shape index (κ3) is 4.23. The number of anilines is 1. The lowest BCUT2D eigenvalue weighted by Crippen LogP contribution is -2.38. The number of hydrogen-bond acceptors (Lipinski definition) is 3. The molecule has 0 aromatic heterocycles. The monoisotopic (exact) mass is 303 g/mol. The highest BCUT2D eigenvalue weighted by molar-refractivity contribution is 5.95. The molecular weight excluding hydrogens is 274 g/mol. The Morgan fingerprint density at radius 2 is 2.18 bits per heavy atom. The van der Waals surface area contributed by atoms with E-state index in [2.05, 4.69) is 17.1 Å². The largest absolute Gasteiger partial charge is 0.398 e. The normalized spacial score (nSPS) is 19.4. The molecule has 1 heterocycles. The smallest absolute Gasteiger partial charge is 0.251 e. The number of carbonyl (C=O) groups excluding carboxylic acids is 1. The second-order valence-corrected chi connectivity index (χ2v) is 6.57. The zero-order valence-corrected chi connectivity index (χ0v) is 14.1. The van der Waals surface area contributed by atoms with Gasteiger partial charge in [-0.15, -0.1) is 0 Å². The maximum Gasteiger partial charge on any atom is 0.251 e. The van der Waals surface area contributed by atoms with Crippen molar-refractivity contribution in [1.82, 2.24) is 10.2 Å². The van der Waals surface area contributed by atoms with E-state index in [-0.39, 0.29) is 11.9 Å². The molecule has 4 heteroatoms. The SMILES string of the molecule is CCC1CCCCN1Cc1ccc(C(=O)NC(C)C)cc1N. The molecule has 1 unspecified atom stereocenters. The quantitative estimate of drug-likeness (QED) is 0.821. The zero-order valence-electron chi connectivity index (χ0n) is 14.1. The van der Waals surface area contributed by atoms with Crippen molar-refractivity contribution in [3.8, 4) is 0 Å². The Morgan fingerprint density at radius 3 is 2.82 bits per heavy atom. The summed E-state index contributed by atoms with van der Waals surface area (Å²) in [5.41, 5.74) is 8.67. The van der Waals surface area contributed by atoms with Gasteiger partial charge in [0.15, 0.2) is 0 Å². The highest BCUT2D eigenvalue weighted by atomic mass is 16.1. The van der Waals surface area contributed by atoms with Gasteiger partial charge in [0.25, 0.3) is 5.91 Å². The van der Waals surface area contributed by atoms with Crippen molar-refractivity contribution in [2.45, 2.75) is 65.1 Å². The Hall–Kier alpha value is -1.55. The van der Waals surface area contributed by atoms with Crippen LogP contribution in [-0.2, 0) is 6.54 Å². The number of nitrogens with zero attached hydrogens (tertiary/aromatic N) is 1. The Bertz CT molecular complexity index is 513. The molecule has 1 aliphatic heterocycles. The Labute approximate surface area is 134 Å². The van der Waals surface area contributed by atoms with Gasteiger partial charge in [-0.05, 0) is 57.4 Å². The van der Waals surface area contributed by atoms with Gasteiger partial charge in [-0.25, -0.2) is 0 Å². The minimum Gasteiger partial charge on any atom is -0.398 e. The van der Waals surface area contributed by atoms with Crippen molar-refractivity contribution in [2.24, 2.45) is 0 Å². The van der Waals surface area contributed by atoms with Crippen molar-refractivity contribution >= 4 is 11.6 Å². The van der Waals surface area contributed by atoms with Gasteiger partial charge in [-0.2, -0.15) is 0 Å². The lowest BCUT2D eigenvalue weighted by atomic mass is 9.98. The molecule has 0 radical (unpaired) electrons. The van der Waals surface area contributed by atoms with Crippen LogP contribution in [-0.4, -0.2) is 29.4 Å². The molecule has 0 bridgehead atoms. The Kier molecular flexibility index (Phi) is 5.83. The number of likely N-dealkylation sites (tertiary alicyclic amines) is 1. The van der Waals surface area contributed by atoms with Gasteiger partial charge >= 0.3 is 0 Å². The van der Waals surface area contributed by atoms with Crippen LogP contribution in [0.5, 0.6) is 0 Å². The van der Waals surface area contributed by atoms with Gasteiger partial charge in [-0.3, -0.25) is 9.69 Å². The summed E-state index contributed by atoms with van der Waals surface area (Å²) in [6.07, 6.45) is 5.07. The average molecular weight is 303 g/mol. The second kappa shape index (κ2) is 7.63. The predicted molar refractivity (Wildman–Crippen MR) is 91.8 cm³/mol. The minimum absolute atomic E-state index is 0.0577. The van der Waals surface area contributed by atoms with Crippen molar-refractivity contribution in [3.63, 3.8) is 0 Å². The van der Waals surface area contributed by atoms with E-state index < -0.39 is 0 Å². The topological polar surface area (TPSA) is 58.4 Å². The van der Waals surface area contributed by atoms with Gasteiger partial charge in [0.05, 0.1) is 0 Å². The zero-order chi connectivity index (χ0) is 16.1. The van der Waals surface area contributed by atoms with E-state index in [1.807, 2.05) is 26.0 Å². The molecule has 0 spiro atoms. The van der Waals surface area contributed by atoms with Crippen LogP contribution >= 0.6 is 0 Å². The van der Waals surface area contributed by atoms with Crippen LogP contribution in [0.4, 0.5) is 5.69 Å². The van der Waals surface area contributed by atoms with Crippen molar-refractivity contribution in [3.05, 3.63) is 29.3 Å². The molecule has 0 aliphatic carbocycles. The molecule has 1 aliphatic rings.